The molecule has 1 aliphatic heterocycles. The monoisotopic (exact) mass is 184 g/mol. The highest BCUT2D eigenvalue weighted by molar-refractivity contribution is 7.13. The van der Waals surface area contributed by atoms with Crippen molar-refractivity contribution < 1.29 is 5.11 Å². The van der Waals surface area contributed by atoms with Gasteiger partial charge in [0.15, 0.2) is 5.13 Å². The molecule has 0 aromatic carbocycles. The maximum Gasteiger partial charge on any atom is 0.185 e. The molecule has 1 unspecified atom stereocenters. The molecule has 2 rings (SSSR count). The van der Waals surface area contributed by atoms with Gasteiger partial charge < -0.3 is 10.0 Å². The predicted molar refractivity (Wildman–Crippen MR) is 49.6 cm³/mol. The Morgan fingerprint density at radius 2 is 2.67 bits per heavy atom. The van der Waals surface area contributed by atoms with E-state index in [0.29, 0.717) is 6.04 Å². The lowest BCUT2D eigenvalue weighted by Gasteiger charge is -2.21. The third-order valence-electron chi connectivity index (χ3n) is 2.25. The maximum absolute atomic E-state index is 9.07. The average Bonchev–Trinajstić information content (AvgIpc) is 2.74. The van der Waals surface area contributed by atoms with Gasteiger partial charge in [-0.25, -0.2) is 4.98 Å². The minimum atomic E-state index is 0.250. The molecular formula is C8H12N2OS. The number of aromatic nitrogens is 1. The lowest BCUT2D eigenvalue weighted by atomic mass is 10.2. The zero-order valence-corrected chi connectivity index (χ0v) is 7.63. The van der Waals surface area contributed by atoms with Crippen molar-refractivity contribution in [2.24, 2.45) is 0 Å². The Hall–Kier alpha value is -0.610. The first kappa shape index (κ1) is 8.01. The second-order valence-corrected chi connectivity index (χ2v) is 3.86. The molecule has 3 nitrogen and oxygen atoms in total. The molecule has 1 fully saturated rings. The lowest BCUT2D eigenvalue weighted by molar-refractivity contribution is 0.266. The number of hydrogen-bond donors (Lipinski definition) is 1. The van der Waals surface area contributed by atoms with Crippen molar-refractivity contribution in [3.05, 3.63) is 11.6 Å². The van der Waals surface area contributed by atoms with Gasteiger partial charge in [0.2, 0.25) is 0 Å². The Kier molecular flexibility index (Phi) is 2.28. The van der Waals surface area contributed by atoms with Gasteiger partial charge in [-0.3, -0.25) is 0 Å². The average molecular weight is 184 g/mol. The molecule has 1 N–H and O–H groups in total. The first-order valence-corrected chi connectivity index (χ1v) is 5.07. The van der Waals surface area contributed by atoms with Crippen molar-refractivity contribution >= 4 is 16.5 Å². The lowest BCUT2D eigenvalue weighted by Crippen LogP contribution is -2.31. The van der Waals surface area contributed by atoms with Crippen LogP contribution in [0.15, 0.2) is 11.6 Å². The van der Waals surface area contributed by atoms with Gasteiger partial charge in [-0.05, 0) is 12.8 Å². The van der Waals surface area contributed by atoms with Crippen molar-refractivity contribution in [2.45, 2.75) is 18.9 Å². The first-order valence-electron chi connectivity index (χ1n) is 4.19. The summed E-state index contributed by atoms with van der Waals surface area (Å²) < 4.78 is 0. The Morgan fingerprint density at radius 3 is 3.33 bits per heavy atom. The van der Waals surface area contributed by atoms with Crippen LogP contribution in [-0.2, 0) is 0 Å². The smallest absolute Gasteiger partial charge is 0.185 e. The standard InChI is InChI=1S/C8H12N2OS/c11-6-7-2-1-4-10(7)8-9-3-5-12-8/h3,5,7,11H,1-2,4,6H2. The second kappa shape index (κ2) is 3.41. The summed E-state index contributed by atoms with van der Waals surface area (Å²) in [5, 5.41) is 12.1. The van der Waals surface area contributed by atoms with E-state index < -0.39 is 0 Å². The molecule has 0 spiro atoms. The summed E-state index contributed by atoms with van der Waals surface area (Å²) in [7, 11) is 0. The minimum Gasteiger partial charge on any atom is -0.394 e. The predicted octanol–water partition coefficient (Wildman–Crippen LogP) is 1.10. The Morgan fingerprint density at radius 1 is 1.75 bits per heavy atom. The van der Waals surface area contributed by atoms with Crippen molar-refractivity contribution in [2.75, 3.05) is 18.1 Å². The Labute approximate surface area is 75.7 Å². The van der Waals surface area contributed by atoms with E-state index in [1.807, 2.05) is 11.6 Å². The van der Waals surface area contributed by atoms with Crippen LogP contribution in [0.1, 0.15) is 12.8 Å². The van der Waals surface area contributed by atoms with Crippen LogP contribution in [0.3, 0.4) is 0 Å². The van der Waals surface area contributed by atoms with Crippen LogP contribution in [0.4, 0.5) is 5.13 Å². The topological polar surface area (TPSA) is 36.4 Å². The van der Waals surface area contributed by atoms with Crippen LogP contribution in [0.25, 0.3) is 0 Å². The molecule has 0 amide bonds. The zero-order valence-electron chi connectivity index (χ0n) is 6.81. The van der Waals surface area contributed by atoms with Gasteiger partial charge in [-0.15, -0.1) is 11.3 Å². The summed E-state index contributed by atoms with van der Waals surface area (Å²) in [4.78, 5) is 6.43. The Bertz CT molecular complexity index is 237. The fraction of sp³-hybridized carbons (Fsp3) is 0.625. The molecule has 12 heavy (non-hydrogen) atoms. The minimum absolute atomic E-state index is 0.250. The summed E-state index contributed by atoms with van der Waals surface area (Å²) in [6.45, 7) is 1.29. The molecule has 0 bridgehead atoms. The maximum atomic E-state index is 9.07. The number of nitrogens with zero attached hydrogens (tertiary/aromatic N) is 2. The van der Waals surface area contributed by atoms with E-state index in [0.717, 1.165) is 18.1 Å². The van der Waals surface area contributed by atoms with Gasteiger partial charge in [-0.2, -0.15) is 0 Å². The van der Waals surface area contributed by atoms with E-state index in [1.165, 1.54) is 6.42 Å². The van der Waals surface area contributed by atoms with Crippen LogP contribution in [0.5, 0.6) is 0 Å². The van der Waals surface area contributed by atoms with E-state index in [-0.39, 0.29) is 6.61 Å². The number of anilines is 1. The molecule has 66 valence electrons. The Balaban J connectivity index is 2.13. The van der Waals surface area contributed by atoms with Crippen molar-refractivity contribution in [3.63, 3.8) is 0 Å². The SMILES string of the molecule is OCC1CCCN1c1nccs1. The third kappa shape index (κ3) is 1.32. The van der Waals surface area contributed by atoms with E-state index in [2.05, 4.69) is 9.88 Å². The quantitative estimate of drug-likeness (QED) is 0.748. The van der Waals surface area contributed by atoms with Gasteiger partial charge in [0, 0.05) is 18.1 Å². The van der Waals surface area contributed by atoms with Crippen molar-refractivity contribution in [1.82, 2.24) is 4.98 Å². The van der Waals surface area contributed by atoms with Crippen LogP contribution in [0.2, 0.25) is 0 Å². The number of aliphatic hydroxyl groups excluding tert-OH is 1. The molecule has 1 aliphatic rings. The van der Waals surface area contributed by atoms with Crippen molar-refractivity contribution in [3.8, 4) is 0 Å². The number of rotatable bonds is 2. The second-order valence-electron chi connectivity index (χ2n) is 2.99. The normalized spacial score (nSPS) is 23.4. The van der Waals surface area contributed by atoms with Gasteiger partial charge in [0.05, 0.1) is 12.6 Å². The van der Waals surface area contributed by atoms with Gasteiger partial charge in [0.25, 0.3) is 0 Å². The summed E-state index contributed by atoms with van der Waals surface area (Å²) in [5.41, 5.74) is 0. The molecule has 4 heteroatoms. The number of aliphatic hydroxyl groups is 1. The number of hydrogen-bond acceptors (Lipinski definition) is 4. The highest BCUT2D eigenvalue weighted by Crippen LogP contribution is 2.26. The molecule has 1 aromatic rings. The van der Waals surface area contributed by atoms with E-state index in [1.54, 1.807) is 11.3 Å². The van der Waals surface area contributed by atoms with Gasteiger partial charge in [-0.1, -0.05) is 0 Å². The third-order valence-corrected chi connectivity index (χ3v) is 3.06. The van der Waals surface area contributed by atoms with Crippen LogP contribution >= 0.6 is 11.3 Å². The summed E-state index contributed by atoms with van der Waals surface area (Å²) >= 11 is 1.64. The molecular weight excluding hydrogens is 172 g/mol. The van der Waals surface area contributed by atoms with E-state index in [9.17, 15) is 0 Å². The van der Waals surface area contributed by atoms with Crippen LogP contribution in [-0.4, -0.2) is 29.3 Å². The van der Waals surface area contributed by atoms with E-state index >= 15 is 0 Å². The fourth-order valence-electron chi connectivity index (χ4n) is 1.64. The molecule has 1 saturated heterocycles. The first-order chi connectivity index (χ1) is 5.92. The summed E-state index contributed by atoms with van der Waals surface area (Å²) in [6.07, 6.45) is 4.08. The summed E-state index contributed by atoms with van der Waals surface area (Å²) in [5.74, 6) is 0. The highest BCUT2D eigenvalue weighted by atomic mass is 32.1. The fourth-order valence-corrected chi connectivity index (χ4v) is 2.38. The largest absolute Gasteiger partial charge is 0.394 e. The summed E-state index contributed by atoms with van der Waals surface area (Å²) in [6, 6.07) is 0.302. The molecule has 1 aromatic heterocycles. The van der Waals surface area contributed by atoms with Crippen molar-refractivity contribution in [1.29, 1.82) is 0 Å². The van der Waals surface area contributed by atoms with Gasteiger partial charge >= 0.3 is 0 Å². The molecule has 0 aliphatic carbocycles. The zero-order chi connectivity index (χ0) is 8.39. The van der Waals surface area contributed by atoms with Crippen LogP contribution < -0.4 is 4.90 Å². The van der Waals surface area contributed by atoms with E-state index in [4.69, 9.17) is 5.11 Å². The molecule has 0 saturated carbocycles. The molecule has 2 heterocycles. The number of thiazole rings is 1. The van der Waals surface area contributed by atoms with Crippen LogP contribution in [0, 0.1) is 0 Å². The molecule has 0 radical (unpaired) electrons. The van der Waals surface area contributed by atoms with Gasteiger partial charge in [0.1, 0.15) is 0 Å². The molecule has 1 atom stereocenters. The highest BCUT2D eigenvalue weighted by Gasteiger charge is 2.25.